The van der Waals surface area contributed by atoms with Crippen molar-refractivity contribution in [2.24, 2.45) is 29.6 Å². The quantitative estimate of drug-likeness (QED) is 0.596. The molecule has 18 heavy (non-hydrogen) atoms. The zero-order valence-electron chi connectivity index (χ0n) is 11.2. The second-order valence-electron chi connectivity index (χ2n) is 5.84. The molecule has 2 bridgehead atoms. The second kappa shape index (κ2) is 5.13. The highest BCUT2D eigenvalue weighted by Crippen LogP contribution is 2.52. The molecule has 2 nitrogen and oxygen atoms in total. The van der Waals surface area contributed by atoms with Gasteiger partial charge in [0.1, 0.15) is 0 Å². The summed E-state index contributed by atoms with van der Waals surface area (Å²) in [6.07, 6.45) is 12.5. The van der Waals surface area contributed by atoms with Crippen molar-refractivity contribution in [3.05, 3.63) is 36.5 Å². The van der Waals surface area contributed by atoms with E-state index >= 15 is 0 Å². The van der Waals surface area contributed by atoms with Gasteiger partial charge in [0.15, 0.2) is 0 Å². The third kappa shape index (κ3) is 2.43. The number of fused-ring (bicyclic) bond motifs is 5. The van der Waals surface area contributed by atoms with Gasteiger partial charge in [0.25, 0.3) is 0 Å². The summed E-state index contributed by atoms with van der Waals surface area (Å²) < 4.78 is 0. The van der Waals surface area contributed by atoms with Crippen LogP contribution in [0.3, 0.4) is 0 Å². The van der Waals surface area contributed by atoms with Crippen LogP contribution in [0.4, 0.5) is 0 Å². The first-order valence-corrected chi connectivity index (χ1v) is 6.77. The Morgan fingerprint density at radius 2 is 1.94 bits per heavy atom. The smallest absolute Gasteiger partial charge is 0.331 e. The summed E-state index contributed by atoms with van der Waals surface area (Å²) >= 11 is 0. The lowest BCUT2D eigenvalue weighted by molar-refractivity contribution is -0.133. The summed E-state index contributed by atoms with van der Waals surface area (Å²) in [6, 6.07) is 0. The van der Waals surface area contributed by atoms with Crippen LogP contribution in [-0.2, 0) is 4.79 Å². The van der Waals surface area contributed by atoms with Gasteiger partial charge in [0.2, 0.25) is 0 Å². The molecule has 1 fully saturated rings. The average Bonchev–Trinajstić information content (AvgIpc) is 3.01. The fourth-order valence-electron chi connectivity index (χ4n) is 3.22. The van der Waals surface area contributed by atoms with E-state index in [4.69, 9.17) is 5.11 Å². The SMILES string of the molecule is C1=CC2C3C=CC(C3)C2C1.C=C(C(=O)O)C(C)C. The van der Waals surface area contributed by atoms with Gasteiger partial charge >= 0.3 is 5.97 Å². The van der Waals surface area contributed by atoms with E-state index in [-0.39, 0.29) is 11.5 Å². The van der Waals surface area contributed by atoms with E-state index < -0.39 is 5.97 Å². The van der Waals surface area contributed by atoms with E-state index in [1.165, 1.54) is 12.8 Å². The van der Waals surface area contributed by atoms with E-state index in [9.17, 15) is 4.79 Å². The van der Waals surface area contributed by atoms with Crippen molar-refractivity contribution in [2.75, 3.05) is 0 Å². The van der Waals surface area contributed by atoms with Crippen molar-refractivity contribution >= 4 is 5.97 Å². The van der Waals surface area contributed by atoms with Crippen molar-refractivity contribution in [1.29, 1.82) is 0 Å². The third-order valence-electron chi connectivity index (χ3n) is 4.43. The van der Waals surface area contributed by atoms with E-state index in [1.807, 2.05) is 0 Å². The minimum Gasteiger partial charge on any atom is -0.478 e. The van der Waals surface area contributed by atoms with Crippen LogP contribution in [0, 0.1) is 29.6 Å². The van der Waals surface area contributed by atoms with Gasteiger partial charge in [-0.3, -0.25) is 0 Å². The monoisotopic (exact) mass is 246 g/mol. The largest absolute Gasteiger partial charge is 0.478 e. The van der Waals surface area contributed by atoms with E-state index in [1.54, 1.807) is 13.8 Å². The lowest BCUT2D eigenvalue weighted by atomic mass is 9.86. The Hall–Kier alpha value is -1.31. The lowest BCUT2D eigenvalue weighted by Crippen LogP contribution is -2.12. The van der Waals surface area contributed by atoms with Crippen molar-refractivity contribution < 1.29 is 9.90 Å². The topological polar surface area (TPSA) is 37.3 Å². The standard InChI is InChI=1S/C10H12.C6H10O2/c1-2-9-7-4-5-8(6-7)10(9)3-1;1-4(2)5(3)6(7)8/h1-2,4-5,7-10H,3,6H2;4H,3H2,1-2H3,(H,7,8). The molecule has 1 saturated carbocycles. The molecule has 4 atom stereocenters. The Balaban J connectivity index is 0.000000139. The summed E-state index contributed by atoms with van der Waals surface area (Å²) in [6.45, 7) is 6.96. The van der Waals surface area contributed by atoms with Gasteiger partial charge < -0.3 is 5.11 Å². The summed E-state index contributed by atoms with van der Waals surface area (Å²) in [7, 11) is 0. The van der Waals surface area contributed by atoms with Gasteiger partial charge in [0.05, 0.1) is 0 Å². The third-order valence-corrected chi connectivity index (χ3v) is 4.43. The highest BCUT2D eigenvalue weighted by atomic mass is 16.4. The van der Waals surface area contributed by atoms with Crippen LogP contribution in [0.1, 0.15) is 26.7 Å². The van der Waals surface area contributed by atoms with E-state index in [2.05, 4.69) is 30.9 Å². The van der Waals surface area contributed by atoms with Crippen LogP contribution in [-0.4, -0.2) is 11.1 Å². The first kappa shape index (κ1) is 13.1. The minimum atomic E-state index is -0.903. The molecule has 4 unspecified atom stereocenters. The van der Waals surface area contributed by atoms with Gasteiger partial charge in [0, 0.05) is 5.57 Å². The molecule has 98 valence electrons. The van der Waals surface area contributed by atoms with Crippen molar-refractivity contribution in [3.8, 4) is 0 Å². The number of carboxylic acid groups (broad SMARTS) is 1. The molecule has 0 radical (unpaired) electrons. The zero-order valence-corrected chi connectivity index (χ0v) is 11.2. The number of carboxylic acids is 1. The Kier molecular flexibility index (Phi) is 3.74. The minimum absolute atomic E-state index is 0.0486. The van der Waals surface area contributed by atoms with Gasteiger partial charge in [-0.05, 0) is 42.4 Å². The van der Waals surface area contributed by atoms with Gasteiger partial charge in [-0.2, -0.15) is 0 Å². The molecule has 0 spiro atoms. The molecule has 0 aliphatic heterocycles. The summed E-state index contributed by atoms with van der Waals surface area (Å²) in [4.78, 5) is 10.0. The van der Waals surface area contributed by atoms with Gasteiger partial charge in [-0.1, -0.05) is 44.7 Å². The highest BCUT2D eigenvalue weighted by Gasteiger charge is 2.44. The number of hydrogen-bond acceptors (Lipinski definition) is 1. The van der Waals surface area contributed by atoms with Crippen LogP contribution in [0.25, 0.3) is 0 Å². The van der Waals surface area contributed by atoms with Crippen LogP contribution in [0.15, 0.2) is 36.5 Å². The molecule has 0 aromatic carbocycles. The number of allylic oxidation sites excluding steroid dienone is 4. The Labute approximate surface area is 109 Å². The Morgan fingerprint density at radius 1 is 1.28 bits per heavy atom. The summed E-state index contributed by atoms with van der Waals surface area (Å²) in [5.41, 5.74) is 0.269. The molecule has 1 N–H and O–H groups in total. The molecule has 3 aliphatic rings. The first-order valence-electron chi connectivity index (χ1n) is 6.77. The normalized spacial score (nSPS) is 34.4. The predicted octanol–water partition coefficient (Wildman–Crippen LogP) is 3.67. The Morgan fingerprint density at radius 3 is 2.44 bits per heavy atom. The van der Waals surface area contributed by atoms with E-state index in [0.717, 1.165) is 23.7 Å². The van der Waals surface area contributed by atoms with E-state index in [0.29, 0.717) is 0 Å². The van der Waals surface area contributed by atoms with Crippen molar-refractivity contribution in [3.63, 3.8) is 0 Å². The molecule has 0 amide bonds. The van der Waals surface area contributed by atoms with Crippen LogP contribution < -0.4 is 0 Å². The molecule has 0 aromatic rings. The van der Waals surface area contributed by atoms with Crippen LogP contribution in [0.2, 0.25) is 0 Å². The van der Waals surface area contributed by atoms with Gasteiger partial charge in [-0.25, -0.2) is 4.79 Å². The zero-order chi connectivity index (χ0) is 13.3. The molecular weight excluding hydrogens is 224 g/mol. The summed E-state index contributed by atoms with van der Waals surface area (Å²) in [5.74, 6) is 2.97. The van der Waals surface area contributed by atoms with Crippen LogP contribution in [0.5, 0.6) is 0 Å². The van der Waals surface area contributed by atoms with Gasteiger partial charge in [-0.15, -0.1) is 0 Å². The number of carbonyl (C=O) groups is 1. The molecule has 3 rings (SSSR count). The number of rotatable bonds is 2. The molecule has 3 aliphatic carbocycles. The van der Waals surface area contributed by atoms with Crippen molar-refractivity contribution in [1.82, 2.24) is 0 Å². The lowest BCUT2D eigenvalue weighted by Gasteiger charge is -2.18. The second-order valence-corrected chi connectivity index (χ2v) is 5.84. The molecule has 0 heterocycles. The Bertz CT molecular complexity index is 403. The molecular formula is C16H22O2. The molecule has 0 aromatic heterocycles. The maximum absolute atomic E-state index is 10.0. The fourth-order valence-corrected chi connectivity index (χ4v) is 3.22. The fraction of sp³-hybridized carbons (Fsp3) is 0.562. The number of hydrogen-bond donors (Lipinski definition) is 1. The summed E-state index contributed by atoms with van der Waals surface area (Å²) in [5, 5.41) is 8.25. The highest BCUT2D eigenvalue weighted by molar-refractivity contribution is 5.86. The van der Waals surface area contributed by atoms with Crippen molar-refractivity contribution in [2.45, 2.75) is 26.7 Å². The maximum Gasteiger partial charge on any atom is 0.331 e. The molecule has 2 heteroatoms. The van der Waals surface area contributed by atoms with Crippen LogP contribution >= 0.6 is 0 Å². The number of aliphatic carboxylic acids is 1. The molecule has 0 saturated heterocycles. The average molecular weight is 246 g/mol. The maximum atomic E-state index is 10.0. The first-order chi connectivity index (χ1) is 8.50. The predicted molar refractivity (Wildman–Crippen MR) is 73.1 cm³/mol.